The predicted molar refractivity (Wildman–Crippen MR) is 80.1 cm³/mol. The Balaban J connectivity index is -0.000000269. The molecule has 0 N–H and O–H groups in total. The molecule has 0 spiro atoms. The van der Waals surface area contributed by atoms with Gasteiger partial charge in [0.05, 0.1) is 6.61 Å². The Kier molecular flexibility index (Phi) is 31.5. The van der Waals surface area contributed by atoms with Crippen molar-refractivity contribution in [2.75, 3.05) is 35.0 Å². The lowest BCUT2D eigenvalue weighted by Crippen LogP contribution is -1.93. The van der Waals surface area contributed by atoms with Crippen molar-refractivity contribution in [2.45, 2.75) is 27.4 Å². The monoisotopic (exact) mass is 274 g/mol. The minimum atomic E-state index is 0.522. The highest BCUT2D eigenvalue weighted by molar-refractivity contribution is 5.13. The van der Waals surface area contributed by atoms with Crippen LogP contribution < -0.4 is 0 Å². The number of benzene rings is 1. The van der Waals surface area contributed by atoms with E-state index in [0.717, 1.165) is 5.56 Å². The molecule has 1 aromatic rings. The molecule has 0 unspecified atom stereocenters. The molecule has 0 saturated heterocycles. The van der Waals surface area contributed by atoms with E-state index in [1.165, 1.54) is 0 Å². The Labute approximate surface area is 118 Å². The largest absolute Gasteiger partial charge is 0.388 e. The topological polar surface area (TPSA) is 36.9 Å². The van der Waals surface area contributed by atoms with Crippen LogP contribution in [-0.4, -0.2) is 35.0 Å². The lowest BCUT2D eigenvalue weighted by Gasteiger charge is -2.00. The second kappa shape index (κ2) is 25.8. The van der Waals surface area contributed by atoms with Crippen molar-refractivity contribution in [3.8, 4) is 0 Å². The molecule has 114 valence electrons. The van der Waals surface area contributed by atoms with E-state index in [1.807, 2.05) is 51.1 Å². The van der Waals surface area contributed by atoms with Crippen LogP contribution in [0.25, 0.3) is 0 Å². The van der Waals surface area contributed by atoms with Crippen molar-refractivity contribution in [1.29, 1.82) is 0 Å². The van der Waals surface area contributed by atoms with E-state index < -0.39 is 0 Å². The third-order valence-corrected chi connectivity index (χ3v) is 1.27. The summed E-state index contributed by atoms with van der Waals surface area (Å²) in [6, 6.07) is 9.93. The Morgan fingerprint density at radius 2 is 1.21 bits per heavy atom. The summed E-state index contributed by atoms with van der Waals surface area (Å²) in [7, 11) is 6.50. The van der Waals surface area contributed by atoms with Crippen LogP contribution in [0.3, 0.4) is 0 Å². The molecule has 0 heterocycles. The predicted octanol–water partition coefficient (Wildman–Crippen LogP) is 3.71. The maximum Gasteiger partial charge on any atom is 0.107 e. The zero-order chi connectivity index (χ0) is 15.4. The van der Waals surface area contributed by atoms with Gasteiger partial charge in [0.1, 0.15) is 6.61 Å². The van der Waals surface area contributed by atoms with Crippen molar-refractivity contribution >= 4 is 0 Å². The van der Waals surface area contributed by atoms with Crippen LogP contribution >= 0.6 is 0 Å². The molecule has 4 nitrogen and oxygen atoms in total. The Hall–Kier alpha value is -0.940. The van der Waals surface area contributed by atoms with Gasteiger partial charge in [-0.05, 0) is 12.5 Å². The summed E-state index contributed by atoms with van der Waals surface area (Å²) in [6.07, 6.45) is 0. The molecule has 0 atom stereocenters. The van der Waals surface area contributed by atoms with Crippen molar-refractivity contribution in [1.82, 2.24) is 0 Å². The standard InChI is InChI=1S/C9H12O2.2C2H6O.C2H6/c1-2-10-11-8-9-6-4-3-5-7-9;2*1-3-2;1-2/h3-7H,2,8H2,1H3;2*1-2H3;1-2H3. The molecule has 0 fully saturated rings. The number of rotatable bonds is 4. The first-order valence-corrected chi connectivity index (χ1v) is 6.35. The van der Waals surface area contributed by atoms with Gasteiger partial charge in [0.2, 0.25) is 0 Å². The Morgan fingerprint density at radius 1 is 0.789 bits per heavy atom. The normalized spacial score (nSPS) is 7.95. The molecule has 1 rings (SSSR count). The van der Waals surface area contributed by atoms with Crippen LogP contribution in [0.4, 0.5) is 0 Å². The quantitative estimate of drug-likeness (QED) is 0.476. The lowest BCUT2D eigenvalue weighted by molar-refractivity contribution is -0.300. The van der Waals surface area contributed by atoms with Crippen LogP contribution in [0.15, 0.2) is 30.3 Å². The highest BCUT2D eigenvalue weighted by Gasteiger charge is 1.89. The molecule has 0 aromatic heterocycles. The fourth-order valence-corrected chi connectivity index (χ4v) is 0.767. The van der Waals surface area contributed by atoms with Crippen LogP contribution in [0.2, 0.25) is 0 Å². The van der Waals surface area contributed by atoms with Gasteiger partial charge in [0.25, 0.3) is 0 Å². The lowest BCUT2D eigenvalue weighted by atomic mass is 10.2. The summed E-state index contributed by atoms with van der Waals surface area (Å²) < 4.78 is 8.50. The summed E-state index contributed by atoms with van der Waals surface area (Å²) in [6.45, 7) is 7.01. The molecular formula is C15H30O4. The second-order valence-corrected chi connectivity index (χ2v) is 2.97. The SMILES string of the molecule is CC.CCOOCc1ccccc1.COC.COC. The summed E-state index contributed by atoms with van der Waals surface area (Å²) in [5.74, 6) is 0. The maximum absolute atomic E-state index is 4.87. The average Bonchev–Trinajstić information content (AvgIpc) is 2.44. The molecule has 19 heavy (non-hydrogen) atoms. The van der Waals surface area contributed by atoms with Gasteiger partial charge in [-0.25, -0.2) is 9.78 Å². The van der Waals surface area contributed by atoms with E-state index in [0.29, 0.717) is 13.2 Å². The van der Waals surface area contributed by atoms with E-state index >= 15 is 0 Å². The molecule has 1 aromatic carbocycles. The number of hydrogen-bond donors (Lipinski definition) is 0. The number of hydrogen-bond acceptors (Lipinski definition) is 4. The van der Waals surface area contributed by atoms with Gasteiger partial charge >= 0.3 is 0 Å². The smallest absolute Gasteiger partial charge is 0.107 e. The van der Waals surface area contributed by atoms with Gasteiger partial charge in [-0.15, -0.1) is 0 Å². The summed E-state index contributed by atoms with van der Waals surface area (Å²) in [5, 5.41) is 0. The van der Waals surface area contributed by atoms with Crippen LogP contribution in [0.1, 0.15) is 26.3 Å². The number of ether oxygens (including phenoxy) is 2. The molecule has 0 bridgehead atoms. The minimum Gasteiger partial charge on any atom is -0.388 e. The molecule has 0 amide bonds. The molecule has 0 saturated carbocycles. The zero-order valence-electron chi connectivity index (χ0n) is 13.4. The second-order valence-electron chi connectivity index (χ2n) is 2.97. The molecular weight excluding hydrogens is 244 g/mol. The highest BCUT2D eigenvalue weighted by Crippen LogP contribution is 1.99. The van der Waals surface area contributed by atoms with Gasteiger partial charge < -0.3 is 9.47 Å². The van der Waals surface area contributed by atoms with Crippen molar-refractivity contribution in [3.05, 3.63) is 35.9 Å². The molecule has 0 radical (unpaired) electrons. The first-order valence-electron chi connectivity index (χ1n) is 6.35. The molecule has 4 heteroatoms. The van der Waals surface area contributed by atoms with E-state index in [2.05, 4.69) is 9.47 Å². The number of methoxy groups -OCH3 is 2. The molecule has 0 aliphatic rings. The fraction of sp³-hybridized carbons (Fsp3) is 0.600. The van der Waals surface area contributed by atoms with Gasteiger partial charge in [0, 0.05) is 28.4 Å². The molecule has 0 aliphatic carbocycles. The van der Waals surface area contributed by atoms with E-state index in [-0.39, 0.29) is 0 Å². The Morgan fingerprint density at radius 3 is 1.58 bits per heavy atom. The highest BCUT2D eigenvalue weighted by atomic mass is 17.2. The summed E-state index contributed by atoms with van der Waals surface area (Å²) in [5.41, 5.74) is 1.13. The van der Waals surface area contributed by atoms with Crippen LogP contribution in [-0.2, 0) is 25.9 Å². The van der Waals surface area contributed by atoms with Crippen LogP contribution in [0.5, 0.6) is 0 Å². The average molecular weight is 274 g/mol. The van der Waals surface area contributed by atoms with Gasteiger partial charge in [0.15, 0.2) is 0 Å². The Bertz CT molecular complexity index is 213. The van der Waals surface area contributed by atoms with E-state index in [9.17, 15) is 0 Å². The summed E-state index contributed by atoms with van der Waals surface area (Å²) >= 11 is 0. The summed E-state index contributed by atoms with van der Waals surface area (Å²) in [4.78, 5) is 9.61. The first kappa shape index (κ1) is 23.2. The van der Waals surface area contributed by atoms with Crippen LogP contribution in [0, 0.1) is 0 Å². The van der Waals surface area contributed by atoms with Gasteiger partial charge in [-0.1, -0.05) is 44.2 Å². The van der Waals surface area contributed by atoms with Gasteiger partial charge in [-0.2, -0.15) is 0 Å². The maximum atomic E-state index is 4.87. The van der Waals surface area contributed by atoms with Gasteiger partial charge in [-0.3, -0.25) is 0 Å². The fourth-order valence-electron chi connectivity index (χ4n) is 0.767. The molecule has 0 aliphatic heterocycles. The van der Waals surface area contributed by atoms with Crippen molar-refractivity contribution in [3.63, 3.8) is 0 Å². The van der Waals surface area contributed by atoms with E-state index in [1.54, 1.807) is 28.4 Å². The third kappa shape index (κ3) is 26.6. The minimum absolute atomic E-state index is 0.522. The first-order chi connectivity index (χ1) is 9.26. The zero-order valence-corrected chi connectivity index (χ0v) is 13.4. The van der Waals surface area contributed by atoms with E-state index in [4.69, 9.17) is 9.78 Å². The van der Waals surface area contributed by atoms with Crippen molar-refractivity contribution < 1.29 is 19.2 Å². The third-order valence-electron chi connectivity index (χ3n) is 1.27. The van der Waals surface area contributed by atoms with Crippen molar-refractivity contribution in [2.24, 2.45) is 0 Å².